The highest BCUT2D eigenvalue weighted by Gasteiger charge is 2.19. The number of nitrogens with zero attached hydrogens (tertiary/aromatic N) is 3. The number of methoxy groups -OCH3 is 1. The van der Waals surface area contributed by atoms with E-state index >= 15 is 0 Å². The number of hydrogen-bond acceptors (Lipinski definition) is 4. The molecule has 192 valence electrons. The Morgan fingerprint density at radius 1 is 0.944 bits per heavy atom. The second kappa shape index (κ2) is 13.1. The number of aryl methyl sites for hydroxylation is 1. The molecule has 0 aliphatic carbocycles. The van der Waals surface area contributed by atoms with E-state index in [4.69, 9.17) is 9.72 Å². The third kappa shape index (κ3) is 7.09. The molecule has 0 unspecified atom stereocenters. The molecule has 1 aromatic heterocycles. The van der Waals surface area contributed by atoms with Crippen LogP contribution < -0.4 is 10.1 Å². The molecule has 0 spiro atoms. The minimum atomic E-state index is 0.0361. The van der Waals surface area contributed by atoms with Crippen molar-refractivity contribution in [3.63, 3.8) is 0 Å². The summed E-state index contributed by atoms with van der Waals surface area (Å²) in [5.74, 6) is 2.00. The van der Waals surface area contributed by atoms with Crippen LogP contribution in [0.4, 0.5) is 0 Å². The Balaban J connectivity index is 1.24. The number of fused-ring (bicyclic) bond motifs is 1. The predicted octanol–water partition coefficient (Wildman–Crippen LogP) is 4.52. The number of hydrogen-bond donors (Lipinski definition) is 1. The molecule has 0 atom stereocenters. The Kier molecular flexibility index (Phi) is 9.36. The molecule has 1 fully saturated rings. The Labute approximate surface area is 213 Å². The third-order valence-corrected chi connectivity index (χ3v) is 6.91. The molecule has 7 heteroatoms. The zero-order valence-electron chi connectivity index (χ0n) is 21.4. The first-order chi connectivity index (χ1) is 17.6. The van der Waals surface area contributed by atoms with Gasteiger partial charge in [-0.25, -0.2) is 4.98 Å². The molecule has 1 saturated heterocycles. The molecule has 3 aromatic rings. The van der Waals surface area contributed by atoms with Crippen LogP contribution in [0.1, 0.15) is 56.3 Å². The van der Waals surface area contributed by atoms with Crippen LogP contribution in [0.3, 0.4) is 0 Å². The predicted molar refractivity (Wildman–Crippen MR) is 142 cm³/mol. The molecule has 7 nitrogen and oxygen atoms in total. The number of para-hydroxylation sites is 2. The van der Waals surface area contributed by atoms with Crippen LogP contribution in [0.25, 0.3) is 11.0 Å². The summed E-state index contributed by atoms with van der Waals surface area (Å²) in [6.07, 6.45) is 8.69. The molecule has 1 aliphatic rings. The van der Waals surface area contributed by atoms with E-state index in [-0.39, 0.29) is 11.8 Å². The van der Waals surface area contributed by atoms with E-state index in [1.165, 1.54) is 12.8 Å². The number of ether oxygens (including phenoxy) is 1. The lowest BCUT2D eigenvalue weighted by atomic mass is 10.1. The van der Waals surface area contributed by atoms with Crippen molar-refractivity contribution >= 4 is 22.8 Å². The number of rotatable bonds is 11. The smallest absolute Gasteiger partial charge is 0.242 e. The van der Waals surface area contributed by atoms with Crippen LogP contribution in [-0.2, 0) is 29.0 Å². The van der Waals surface area contributed by atoms with Crippen LogP contribution in [-0.4, -0.2) is 53.0 Å². The number of imidazole rings is 1. The van der Waals surface area contributed by atoms with Gasteiger partial charge in [0.05, 0.1) is 24.6 Å². The van der Waals surface area contributed by atoms with Gasteiger partial charge in [0, 0.05) is 26.1 Å². The van der Waals surface area contributed by atoms with E-state index < -0.39 is 0 Å². The number of likely N-dealkylation sites (tertiary alicyclic amines) is 1. The van der Waals surface area contributed by atoms with Gasteiger partial charge in [0.2, 0.25) is 11.8 Å². The second-order valence-electron chi connectivity index (χ2n) is 9.58. The van der Waals surface area contributed by atoms with Gasteiger partial charge in [-0.3, -0.25) is 9.59 Å². The van der Waals surface area contributed by atoms with Crippen LogP contribution in [0.2, 0.25) is 0 Å². The van der Waals surface area contributed by atoms with Gasteiger partial charge >= 0.3 is 0 Å². The van der Waals surface area contributed by atoms with Gasteiger partial charge in [-0.1, -0.05) is 43.5 Å². The maximum Gasteiger partial charge on any atom is 0.242 e. The molecular formula is C29H38N4O3. The minimum absolute atomic E-state index is 0.0361. The van der Waals surface area contributed by atoms with Gasteiger partial charge in [-0.15, -0.1) is 0 Å². The molecule has 1 N–H and O–H groups in total. The first-order valence-electron chi connectivity index (χ1n) is 13.3. The maximum absolute atomic E-state index is 13.1. The first kappa shape index (κ1) is 25.7. The van der Waals surface area contributed by atoms with E-state index in [0.717, 1.165) is 79.8 Å². The SMILES string of the molecule is COc1ccc(CC(=O)NCCCCCc2nc3ccccc3n2CC(=O)N2CCCCCC2)cc1. The molecule has 2 aromatic carbocycles. The largest absolute Gasteiger partial charge is 0.497 e. The van der Waals surface area contributed by atoms with E-state index in [9.17, 15) is 9.59 Å². The lowest BCUT2D eigenvalue weighted by molar-refractivity contribution is -0.131. The fourth-order valence-corrected chi connectivity index (χ4v) is 4.85. The summed E-state index contributed by atoms with van der Waals surface area (Å²) in [4.78, 5) is 32.2. The highest BCUT2D eigenvalue weighted by Crippen LogP contribution is 2.19. The number of benzene rings is 2. The number of aromatic nitrogens is 2. The van der Waals surface area contributed by atoms with Gasteiger partial charge in [-0.05, 0) is 55.5 Å². The van der Waals surface area contributed by atoms with E-state index in [1.807, 2.05) is 47.4 Å². The van der Waals surface area contributed by atoms with E-state index in [2.05, 4.69) is 16.0 Å². The van der Waals surface area contributed by atoms with Crippen LogP contribution in [0, 0.1) is 0 Å². The molecule has 0 saturated carbocycles. The van der Waals surface area contributed by atoms with Crippen molar-refractivity contribution in [2.24, 2.45) is 0 Å². The second-order valence-corrected chi connectivity index (χ2v) is 9.58. The Bertz CT molecular complexity index is 1130. The highest BCUT2D eigenvalue weighted by molar-refractivity contribution is 5.81. The summed E-state index contributed by atoms with van der Waals surface area (Å²) >= 11 is 0. The molecule has 4 rings (SSSR count). The van der Waals surface area contributed by atoms with Gasteiger partial charge in [0.25, 0.3) is 0 Å². The van der Waals surface area contributed by atoms with Crippen molar-refractivity contribution in [2.75, 3.05) is 26.7 Å². The van der Waals surface area contributed by atoms with E-state index in [1.54, 1.807) is 7.11 Å². The van der Waals surface area contributed by atoms with Crippen molar-refractivity contribution in [2.45, 2.75) is 64.3 Å². The first-order valence-corrected chi connectivity index (χ1v) is 13.3. The summed E-state index contributed by atoms with van der Waals surface area (Å²) in [6.45, 7) is 2.76. The fourth-order valence-electron chi connectivity index (χ4n) is 4.85. The van der Waals surface area contributed by atoms with Gasteiger partial charge < -0.3 is 19.5 Å². The lowest BCUT2D eigenvalue weighted by Gasteiger charge is -2.21. The average Bonchev–Trinajstić information content (AvgIpc) is 3.05. The third-order valence-electron chi connectivity index (χ3n) is 6.91. The Hall–Kier alpha value is -3.35. The quantitative estimate of drug-likeness (QED) is 0.401. The van der Waals surface area contributed by atoms with Gasteiger partial charge in [-0.2, -0.15) is 0 Å². The lowest BCUT2D eigenvalue weighted by Crippen LogP contribution is -2.34. The zero-order valence-corrected chi connectivity index (χ0v) is 21.4. The Morgan fingerprint density at radius 3 is 2.44 bits per heavy atom. The van der Waals surface area contributed by atoms with Crippen LogP contribution in [0.15, 0.2) is 48.5 Å². The van der Waals surface area contributed by atoms with Crippen LogP contribution >= 0.6 is 0 Å². The van der Waals surface area contributed by atoms with Gasteiger partial charge in [0.1, 0.15) is 18.1 Å². The summed E-state index contributed by atoms with van der Waals surface area (Å²) in [7, 11) is 1.63. The number of unbranched alkanes of at least 4 members (excludes halogenated alkanes) is 2. The summed E-state index contributed by atoms with van der Waals surface area (Å²) in [6, 6.07) is 15.7. The number of amides is 2. The van der Waals surface area contributed by atoms with Gasteiger partial charge in [0.15, 0.2) is 0 Å². The summed E-state index contributed by atoms with van der Waals surface area (Å²) in [5.41, 5.74) is 2.95. The molecular weight excluding hydrogens is 452 g/mol. The van der Waals surface area contributed by atoms with Crippen molar-refractivity contribution in [1.29, 1.82) is 0 Å². The molecule has 1 aliphatic heterocycles. The summed E-state index contributed by atoms with van der Waals surface area (Å²) in [5, 5.41) is 3.02. The molecule has 0 bridgehead atoms. The van der Waals surface area contributed by atoms with Crippen LogP contribution in [0.5, 0.6) is 5.75 Å². The fraction of sp³-hybridized carbons (Fsp3) is 0.483. The molecule has 2 amide bonds. The number of nitrogens with one attached hydrogen (secondary N) is 1. The van der Waals surface area contributed by atoms with Crippen molar-refractivity contribution in [3.05, 3.63) is 59.9 Å². The van der Waals surface area contributed by atoms with Crippen molar-refractivity contribution in [1.82, 2.24) is 19.8 Å². The monoisotopic (exact) mass is 490 g/mol. The molecule has 2 heterocycles. The maximum atomic E-state index is 13.1. The topological polar surface area (TPSA) is 76.5 Å². The summed E-state index contributed by atoms with van der Waals surface area (Å²) < 4.78 is 7.27. The highest BCUT2D eigenvalue weighted by atomic mass is 16.5. The minimum Gasteiger partial charge on any atom is -0.497 e. The average molecular weight is 491 g/mol. The standard InChI is InChI=1S/C29H38N4O3/c1-36-24-16-14-23(15-17-24)21-28(34)30-18-8-4-5-13-27-31-25-11-6-7-12-26(25)33(27)22-29(35)32-19-9-2-3-10-20-32/h6-7,11-12,14-17H,2-5,8-10,13,18-22H2,1H3,(H,30,34). The Morgan fingerprint density at radius 2 is 1.69 bits per heavy atom. The number of carbonyl (C=O) groups is 2. The normalized spacial score (nSPS) is 14.0. The molecule has 36 heavy (non-hydrogen) atoms. The van der Waals surface area contributed by atoms with E-state index in [0.29, 0.717) is 19.5 Å². The zero-order chi connectivity index (χ0) is 25.2. The van der Waals surface area contributed by atoms with Crippen molar-refractivity contribution in [3.8, 4) is 5.75 Å². The van der Waals surface area contributed by atoms with Crippen molar-refractivity contribution < 1.29 is 14.3 Å². The molecule has 0 radical (unpaired) electrons. The number of carbonyl (C=O) groups excluding carboxylic acids is 2.